The third kappa shape index (κ3) is 3.75. The van der Waals surface area contributed by atoms with Crippen LogP contribution < -0.4 is 10.3 Å². The van der Waals surface area contributed by atoms with Gasteiger partial charge >= 0.3 is 0 Å². The Bertz CT molecular complexity index is 1310. The monoisotopic (exact) mass is 427 g/mol. The molecule has 6 heteroatoms. The third-order valence-electron chi connectivity index (χ3n) is 5.59. The van der Waals surface area contributed by atoms with Crippen LogP contribution in [0.15, 0.2) is 83.7 Å². The molecule has 0 spiro atoms. The number of ether oxygens (including phenoxy) is 1. The van der Waals surface area contributed by atoms with E-state index >= 15 is 0 Å². The van der Waals surface area contributed by atoms with E-state index < -0.39 is 6.04 Å². The van der Waals surface area contributed by atoms with E-state index in [2.05, 4.69) is 0 Å². The average molecular weight is 428 g/mol. The summed E-state index contributed by atoms with van der Waals surface area (Å²) in [6, 6.07) is 23.2. The maximum absolute atomic E-state index is 13.6. The van der Waals surface area contributed by atoms with Gasteiger partial charge in [0.05, 0.1) is 29.7 Å². The van der Waals surface area contributed by atoms with Crippen LogP contribution in [0.5, 0.6) is 5.75 Å². The zero-order chi connectivity index (χ0) is 22.7. The molecule has 0 saturated heterocycles. The number of fused-ring (bicyclic) bond motifs is 1. The lowest BCUT2D eigenvalue weighted by molar-refractivity contribution is 0.0693. The molecule has 1 aromatic heterocycles. The van der Waals surface area contributed by atoms with Gasteiger partial charge in [0.1, 0.15) is 11.6 Å². The maximum atomic E-state index is 13.6. The highest BCUT2D eigenvalue weighted by Gasteiger charge is 2.27. The van der Waals surface area contributed by atoms with E-state index in [1.807, 2.05) is 68.4 Å². The molecule has 0 N–H and O–H groups in total. The Morgan fingerprint density at radius 3 is 2.38 bits per heavy atom. The first-order valence-electron chi connectivity index (χ1n) is 10.6. The summed E-state index contributed by atoms with van der Waals surface area (Å²) in [4.78, 5) is 33.5. The lowest BCUT2D eigenvalue weighted by atomic mass is 10.1. The van der Waals surface area contributed by atoms with Gasteiger partial charge in [-0.3, -0.25) is 14.2 Å². The van der Waals surface area contributed by atoms with E-state index in [1.165, 1.54) is 0 Å². The molecule has 4 aromatic rings. The van der Waals surface area contributed by atoms with Crippen molar-refractivity contribution in [3.63, 3.8) is 0 Å². The normalized spacial score (nSPS) is 11.8. The molecule has 3 aromatic carbocycles. The van der Waals surface area contributed by atoms with Gasteiger partial charge < -0.3 is 9.64 Å². The quantitative estimate of drug-likeness (QED) is 0.451. The molecule has 0 aliphatic heterocycles. The van der Waals surface area contributed by atoms with Crippen LogP contribution in [0.1, 0.15) is 36.1 Å². The zero-order valence-electron chi connectivity index (χ0n) is 18.4. The molecule has 4 rings (SSSR count). The summed E-state index contributed by atoms with van der Waals surface area (Å²) in [5, 5.41) is 0.506. The van der Waals surface area contributed by atoms with Crippen molar-refractivity contribution in [3.05, 3.63) is 101 Å². The zero-order valence-corrected chi connectivity index (χ0v) is 18.4. The maximum Gasteiger partial charge on any atom is 0.266 e. The summed E-state index contributed by atoms with van der Waals surface area (Å²) in [6.45, 7) is 4.28. The smallest absolute Gasteiger partial charge is 0.266 e. The Balaban J connectivity index is 1.94. The number of hydrogen-bond acceptors (Lipinski definition) is 4. The molecule has 6 nitrogen and oxygen atoms in total. The van der Waals surface area contributed by atoms with Crippen LogP contribution in [0.25, 0.3) is 16.6 Å². The van der Waals surface area contributed by atoms with Crippen molar-refractivity contribution in [1.29, 1.82) is 0 Å². The van der Waals surface area contributed by atoms with E-state index in [-0.39, 0.29) is 11.5 Å². The topological polar surface area (TPSA) is 64.4 Å². The molecule has 0 fully saturated rings. The van der Waals surface area contributed by atoms with Crippen LogP contribution in [-0.2, 0) is 0 Å². The number of benzene rings is 3. The van der Waals surface area contributed by atoms with Crippen LogP contribution in [0.3, 0.4) is 0 Å². The highest BCUT2D eigenvalue weighted by atomic mass is 16.5. The van der Waals surface area contributed by atoms with Gasteiger partial charge in [-0.15, -0.1) is 0 Å². The fraction of sp³-hybridized carbons (Fsp3) is 0.192. The number of carbonyl (C=O) groups is 1. The molecule has 32 heavy (non-hydrogen) atoms. The molecular formula is C26H25N3O3. The first kappa shape index (κ1) is 21.3. The predicted molar refractivity (Wildman–Crippen MR) is 125 cm³/mol. The molecule has 0 bridgehead atoms. The lowest BCUT2D eigenvalue weighted by Crippen LogP contribution is -2.37. The molecule has 162 valence electrons. The number of carbonyl (C=O) groups excluding carboxylic acids is 1. The number of aromatic nitrogens is 2. The van der Waals surface area contributed by atoms with Crippen molar-refractivity contribution in [2.24, 2.45) is 0 Å². The van der Waals surface area contributed by atoms with Gasteiger partial charge in [-0.1, -0.05) is 42.5 Å². The van der Waals surface area contributed by atoms with E-state index in [9.17, 15) is 9.59 Å². The Morgan fingerprint density at radius 2 is 1.66 bits per heavy atom. The fourth-order valence-corrected chi connectivity index (χ4v) is 3.96. The molecule has 0 radical (unpaired) electrons. The number of amides is 1. The van der Waals surface area contributed by atoms with Gasteiger partial charge in [0.25, 0.3) is 11.5 Å². The van der Waals surface area contributed by atoms with Crippen molar-refractivity contribution >= 4 is 16.8 Å². The summed E-state index contributed by atoms with van der Waals surface area (Å²) in [5.41, 5.74) is 1.57. The van der Waals surface area contributed by atoms with Crippen LogP contribution in [0.2, 0.25) is 0 Å². The molecule has 0 saturated carbocycles. The van der Waals surface area contributed by atoms with Crippen molar-refractivity contribution in [3.8, 4) is 11.4 Å². The Kier molecular flexibility index (Phi) is 6.03. The molecule has 0 aliphatic rings. The predicted octanol–water partition coefficient (Wildman–Crippen LogP) is 4.62. The van der Waals surface area contributed by atoms with Crippen LogP contribution in [0, 0.1) is 0 Å². The summed E-state index contributed by atoms with van der Waals surface area (Å²) >= 11 is 0. The van der Waals surface area contributed by atoms with Crippen molar-refractivity contribution in [1.82, 2.24) is 14.5 Å². The third-order valence-corrected chi connectivity index (χ3v) is 5.59. The highest BCUT2D eigenvalue weighted by molar-refractivity contribution is 5.94. The number of nitrogens with zero attached hydrogens (tertiary/aromatic N) is 3. The van der Waals surface area contributed by atoms with Crippen LogP contribution in [0.4, 0.5) is 0 Å². The Hall–Kier alpha value is -3.93. The number of rotatable bonds is 6. The van der Waals surface area contributed by atoms with Gasteiger partial charge in [-0.05, 0) is 50.2 Å². The largest absolute Gasteiger partial charge is 0.495 e. The Labute approximate surface area is 186 Å². The SMILES string of the molecule is CCN(C(=O)c1ccccc1)C(C)c1nc2ccccc2c(=O)n1-c1ccccc1OC. The molecule has 0 aliphatic carbocycles. The second kappa shape index (κ2) is 9.06. The molecular weight excluding hydrogens is 402 g/mol. The minimum atomic E-state index is -0.463. The first-order chi connectivity index (χ1) is 15.6. The van der Waals surface area contributed by atoms with Gasteiger partial charge in [0.2, 0.25) is 0 Å². The second-order valence-corrected chi connectivity index (χ2v) is 7.43. The van der Waals surface area contributed by atoms with Crippen molar-refractivity contribution in [2.45, 2.75) is 19.9 Å². The molecule has 1 unspecified atom stereocenters. The minimum absolute atomic E-state index is 0.116. The van der Waals surface area contributed by atoms with Gasteiger partial charge in [-0.25, -0.2) is 4.98 Å². The summed E-state index contributed by atoms with van der Waals surface area (Å²) in [7, 11) is 1.57. The van der Waals surface area contributed by atoms with E-state index in [0.717, 1.165) is 0 Å². The first-order valence-corrected chi connectivity index (χ1v) is 10.6. The molecule has 1 amide bonds. The van der Waals surface area contributed by atoms with Crippen molar-refractivity contribution in [2.75, 3.05) is 13.7 Å². The van der Waals surface area contributed by atoms with Crippen molar-refractivity contribution < 1.29 is 9.53 Å². The standard InChI is InChI=1S/C26H25N3O3/c1-4-28(25(30)19-12-6-5-7-13-19)18(2)24-27-21-15-9-8-14-20(21)26(31)29(24)22-16-10-11-17-23(22)32-3/h5-18H,4H2,1-3H3. The van der Waals surface area contributed by atoms with E-state index in [4.69, 9.17) is 9.72 Å². The molecule has 1 heterocycles. The summed E-state index contributed by atoms with van der Waals surface area (Å²) in [5.74, 6) is 0.913. The minimum Gasteiger partial charge on any atom is -0.495 e. The van der Waals surface area contributed by atoms with Gasteiger partial charge in [-0.2, -0.15) is 0 Å². The average Bonchev–Trinajstić information content (AvgIpc) is 2.84. The summed E-state index contributed by atoms with van der Waals surface area (Å²) < 4.78 is 7.10. The van der Waals surface area contributed by atoms with Gasteiger partial charge in [0.15, 0.2) is 0 Å². The second-order valence-electron chi connectivity index (χ2n) is 7.43. The Morgan fingerprint density at radius 1 is 1.00 bits per heavy atom. The fourth-order valence-electron chi connectivity index (χ4n) is 3.96. The lowest BCUT2D eigenvalue weighted by Gasteiger charge is -2.30. The number of methoxy groups -OCH3 is 1. The van der Waals surface area contributed by atoms with Crippen LogP contribution in [-0.4, -0.2) is 34.0 Å². The van der Waals surface area contributed by atoms with E-state index in [1.54, 1.807) is 40.8 Å². The number of hydrogen-bond donors (Lipinski definition) is 0. The molecule has 1 atom stereocenters. The van der Waals surface area contributed by atoms with E-state index in [0.29, 0.717) is 40.3 Å². The van der Waals surface area contributed by atoms with Crippen LogP contribution >= 0.6 is 0 Å². The summed E-state index contributed by atoms with van der Waals surface area (Å²) in [6.07, 6.45) is 0. The highest BCUT2D eigenvalue weighted by Crippen LogP contribution is 2.28. The number of para-hydroxylation sites is 3. The van der Waals surface area contributed by atoms with Gasteiger partial charge in [0, 0.05) is 12.1 Å².